The molecule has 0 amide bonds. The lowest BCUT2D eigenvalue weighted by molar-refractivity contribution is -0.141. The van der Waals surface area contributed by atoms with Gasteiger partial charge in [-0.15, -0.1) is 0 Å². The topological polar surface area (TPSA) is 59.2 Å². The summed E-state index contributed by atoms with van der Waals surface area (Å²) in [6.07, 6.45) is 1.95. The number of aromatic nitrogens is 1. The Balaban J connectivity index is 1.63. The monoisotopic (exact) mass is 321 g/mol. The predicted octanol–water partition coefficient (Wildman–Crippen LogP) is 3.75. The Kier molecular flexibility index (Phi) is 4.47. The third kappa shape index (κ3) is 3.38. The highest BCUT2D eigenvalue weighted by Crippen LogP contribution is 2.18. The highest BCUT2D eigenvalue weighted by Gasteiger charge is 2.14. The lowest BCUT2D eigenvalue weighted by atomic mass is 10.0. The molecule has 0 aliphatic heterocycles. The number of carbonyl (C=O) groups is 2. The maximum Gasteiger partial charge on any atom is 0.310 e. The van der Waals surface area contributed by atoms with E-state index in [-0.39, 0.29) is 18.8 Å². The van der Waals surface area contributed by atoms with Crippen LogP contribution in [0.4, 0.5) is 0 Å². The number of rotatable bonds is 5. The molecule has 1 N–H and O–H groups in total. The smallest absolute Gasteiger partial charge is 0.310 e. The first-order valence-electron chi connectivity index (χ1n) is 7.85. The molecule has 1 aromatic heterocycles. The zero-order valence-electron chi connectivity index (χ0n) is 13.8. The number of carbonyl (C=O) groups excluding carboxylic acids is 2. The van der Waals surface area contributed by atoms with Crippen LogP contribution in [0.2, 0.25) is 0 Å². The van der Waals surface area contributed by atoms with E-state index in [4.69, 9.17) is 4.74 Å². The van der Waals surface area contributed by atoms with Crippen molar-refractivity contribution < 1.29 is 14.3 Å². The minimum atomic E-state index is -0.404. The zero-order chi connectivity index (χ0) is 17.1. The standard InChI is InChI=1S/C20H19NO3/c1-13-7-8-14(2)17(9-13)19(22)12-24-20(23)10-15-11-21-18-6-4-3-5-16(15)18/h3-9,11,21H,10,12H2,1-2H3. The van der Waals surface area contributed by atoms with Crippen molar-refractivity contribution in [2.45, 2.75) is 20.3 Å². The maximum absolute atomic E-state index is 12.3. The van der Waals surface area contributed by atoms with E-state index in [0.717, 1.165) is 27.6 Å². The van der Waals surface area contributed by atoms with Crippen molar-refractivity contribution in [3.8, 4) is 0 Å². The maximum atomic E-state index is 12.3. The molecule has 2 aromatic carbocycles. The number of esters is 1. The first-order chi connectivity index (χ1) is 11.5. The molecule has 0 unspecified atom stereocenters. The minimum Gasteiger partial charge on any atom is -0.457 e. The number of ether oxygens (including phenoxy) is 1. The number of hydrogen-bond acceptors (Lipinski definition) is 3. The molecule has 122 valence electrons. The van der Waals surface area contributed by atoms with Crippen molar-refractivity contribution in [3.63, 3.8) is 0 Å². The van der Waals surface area contributed by atoms with Gasteiger partial charge >= 0.3 is 5.97 Å². The minimum absolute atomic E-state index is 0.143. The average Bonchev–Trinajstić information content (AvgIpc) is 2.98. The summed E-state index contributed by atoms with van der Waals surface area (Å²) in [5.74, 6) is -0.582. The summed E-state index contributed by atoms with van der Waals surface area (Å²) in [5, 5.41) is 0.996. The Bertz CT molecular complexity index is 908. The molecule has 0 saturated carbocycles. The number of para-hydroxylation sites is 1. The molecular weight excluding hydrogens is 302 g/mol. The molecular formula is C20H19NO3. The van der Waals surface area contributed by atoms with Crippen LogP contribution >= 0.6 is 0 Å². The molecule has 0 aliphatic rings. The van der Waals surface area contributed by atoms with Gasteiger partial charge in [0, 0.05) is 22.7 Å². The summed E-state index contributed by atoms with van der Waals surface area (Å²) in [5.41, 5.74) is 4.35. The van der Waals surface area contributed by atoms with Crippen molar-refractivity contribution in [2.24, 2.45) is 0 Å². The van der Waals surface area contributed by atoms with Crippen molar-refractivity contribution >= 4 is 22.7 Å². The van der Waals surface area contributed by atoms with Crippen LogP contribution in [-0.4, -0.2) is 23.3 Å². The molecule has 1 heterocycles. The largest absolute Gasteiger partial charge is 0.457 e. The Hall–Kier alpha value is -2.88. The van der Waals surface area contributed by atoms with E-state index in [0.29, 0.717) is 5.56 Å². The highest BCUT2D eigenvalue weighted by atomic mass is 16.5. The van der Waals surface area contributed by atoms with Gasteiger partial charge in [0.1, 0.15) is 0 Å². The van der Waals surface area contributed by atoms with Crippen LogP contribution in [0, 0.1) is 13.8 Å². The number of H-pyrrole nitrogens is 1. The Morgan fingerprint density at radius 2 is 1.88 bits per heavy atom. The van der Waals surface area contributed by atoms with Gasteiger partial charge in [-0.05, 0) is 37.1 Å². The quantitative estimate of drug-likeness (QED) is 0.575. The summed E-state index contributed by atoms with van der Waals surface area (Å²) in [6.45, 7) is 3.57. The number of nitrogens with one attached hydrogen (secondary N) is 1. The summed E-state index contributed by atoms with van der Waals surface area (Å²) >= 11 is 0. The van der Waals surface area contributed by atoms with Gasteiger partial charge in [-0.3, -0.25) is 9.59 Å². The van der Waals surface area contributed by atoms with Crippen LogP contribution in [-0.2, 0) is 16.0 Å². The fourth-order valence-electron chi connectivity index (χ4n) is 2.74. The Morgan fingerprint density at radius 3 is 2.71 bits per heavy atom. The number of aryl methyl sites for hydroxylation is 2. The van der Waals surface area contributed by atoms with Crippen molar-refractivity contribution in [1.29, 1.82) is 0 Å². The first-order valence-corrected chi connectivity index (χ1v) is 7.85. The molecule has 4 nitrogen and oxygen atoms in total. The van der Waals surface area contributed by atoms with Crippen LogP contribution in [0.5, 0.6) is 0 Å². The van der Waals surface area contributed by atoms with Gasteiger partial charge in [0.25, 0.3) is 0 Å². The molecule has 0 spiro atoms. The van der Waals surface area contributed by atoms with Gasteiger partial charge in [-0.1, -0.05) is 35.9 Å². The van der Waals surface area contributed by atoms with Gasteiger partial charge < -0.3 is 9.72 Å². The van der Waals surface area contributed by atoms with Gasteiger partial charge in [-0.25, -0.2) is 0 Å². The number of hydrogen-bond donors (Lipinski definition) is 1. The normalized spacial score (nSPS) is 10.8. The first kappa shape index (κ1) is 16.0. The van der Waals surface area contributed by atoms with Crippen LogP contribution < -0.4 is 0 Å². The summed E-state index contributed by atoms with van der Waals surface area (Å²) in [4.78, 5) is 27.4. The molecule has 3 aromatic rings. The third-order valence-electron chi connectivity index (χ3n) is 4.07. The van der Waals surface area contributed by atoms with Crippen molar-refractivity contribution in [2.75, 3.05) is 6.61 Å². The van der Waals surface area contributed by atoms with E-state index < -0.39 is 5.97 Å². The lowest BCUT2D eigenvalue weighted by Gasteiger charge is -2.07. The summed E-state index contributed by atoms with van der Waals surface area (Å²) in [7, 11) is 0. The number of ketones is 1. The second kappa shape index (κ2) is 6.71. The van der Waals surface area contributed by atoms with Crippen molar-refractivity contribution in [3.05, 3.63) is 70.9 Å². The van der Waals surface area contributed by atoms with E-state index in [1.165, 1.54) is 0 Å². The van der Waals surface area contributed by atoms with E-state index in [1.54, 1.807) is 6.20 Å². The number of aromatic amines is 1. The predicted molar refractivity (Wildman–Crippen MR) is 93.2 cm³/mol. The van der Waals surface area contributed by atoms with Crippen molar-refractivity contribution in [1.82, 2.24) is 4.98 Å². The molecule has 0 atom stereocenters. The number of benzene rings is 2. The van der Waals surface area contributed by atoms with Gasteiger partial charge in [0.15, 0.2) is 6.61 Å². The molecule has 0 radical (unpaired) electrons. The van der Waals surface area contributed by atoms with E-state index >= 15 is 0 Å². The van der Waals surface area contributed by atoms with Crippen LogP contribution in [0.1, 0.15) is 27.0 Å². The lowest BCUT2D eigenvalue weighted by Crippen LogP contribution is -2.16. The van der Waals surface area contributed by atoms with Crippen LogP contribution in [0.3, 0.4) is 0 Å². The van der Waals surface area contributed by atoms with Gasteiger partial charge in [0.2, 0.25) is 5.78 Å². The summed E-state index contributed by atoms with van der Waals surface area (Å²) in [6, 6.07) is 13.4. The molecule has 0 fully saturated rings. The Morgan fingerprint density at radius 1 is 1.08 bits per heavy atom. The molecule has 24 heavy (non-hydrogen) atoms. The fourth-order valence-corrected chi connectivity index (χ4v) is 2.74. The second-order valence-corrected chi connectivity index (χ2v) is 5.94. The highest BCUT2D eigenvalue weighted by molar-refractivity contribution is 5.99. The number of Topliss-reactive ketones (excluding diaryl/α,β-unsaturated/α-hetero) is 1. The number of fused-ring (bicyclic) bond motifs is 1. The van der Waals surface area contributed by atoms with E-state index in [9.17, 15) is 9.59 Å². The second-order valence-electron chi connectivity index (χ2n) is 5.94. The zero-order valence-corrected chi connectivity index (χ0v) is 13.8. The van der Waals surface area contributed by atoms with E-state index in [1.807, 2.05) is 56.3 Å². The SMILES string of the molecule is Cc1ccc(C)c(C(=O)COC(=O)Cc2c[nH]c3ccccc23)c1. The fraction of sp³-hybridized carbons (Fsp3) is 0.200. The average molecular weight is 321 g/mol. The molecule has 0 aliphatic carbocycles. The third-order valence-corrected chi connectivity index (χ3v) is 4.07. The molecule has 0 bridgehead atoms. The van der Waals surface area contributed by atoms with E-state index in [2.05, 4.69) is 4.98 Å². The van der Waals surface area contributed by atoms with Crippen LogP contribution in [0.15, 0.2) is 48.7 Å². The molecule has 0 saturated heterocycles. The molecule has 4 heteroatoms. The summed E-state index contributed by atoms with van der Waals surface area (Å²) < 4.78 is 5.17. The van der Waals surface area contributed by atoms with Crippen LogP contribution in [0.25, 0.3) is 10.9 Å². The van der Waals surface area contributed by atoms with Gasteiger partial charge in [0.05, 0.1) is 6.42 Å². The van der Waals surface area contributed by atoms with Gasteiger partial charge in [-0.2, -0.15) is 0 Å². The Labute approximate surface area is 140 Å². The molecule has 3 rings (SSSR count).